The number of nitro benzene ring substituents is 1. The van der Waals surface area contributed by atoms with Gasteiger partial charge in [-0.2, -0.15) is 0 Å². The van der Waals surface area contributed by atoms with E-state index in [1.165, 1.54) is 36.4 Å². The number of ketones is 1. The molecule has 0 fully saturated rings. The molecular weight excluding hydrogens is 346 g/mol. The smallest absolute Gasteiger partial charge is 0.273 e. The van der Waals surface area contributed by atoms with Gasteiger partial charge in [0.1, 0.15) is 0 Å². The number of phenolic OH excluding ortho intramolecular Hbond substituents is 1. The predicted molar refractivity (Wildman–Crippen MR) is 95.5 cm³/mol. The minimum atomic E-state index is -0.524. The van der Waals surface area contributed by atoms with Crippen molar-refractivity contribution < 1.29 is 19.6 Å². The van der Waals surface area contributed by atoms with Crippen molar-refractivity contribution in [1.82, 2.24) is 0 Å². The van der Waals surface area contributed by atoms with E-state index in [1.54, 1.807) is 19.9 Å². The van der Waals surface area contributed by atoms with E-state index in [0.29, 0.717) is 17.7 Å². The van der Waals surface area contributed by atoms with Crippen molar-refractivity contribution in [2.75, 3.05) is 6.61 Å². The van der Waals surface area contributed by atoms with E-state index in [-0.39, 0.29) is 33.6 Å². The van der Waals surface area contributed by atoms with E-state index < -0.39 is 4.92 Å². The van der Waals surface area contributed by atoms with Gasteiger partial charge in [-0.25, -0.2) is 0 Å². The molecule has 25 heavy (non-hydrogen) atoms. The summed E-state index contributed by atoms with van der Waals surface area (Å²) in [6.45, 7) is 3.72. The van der Waals surface area contributed by atoms with E-state index in [9.17, 15) is 20.0 Å². The fourth-order valence-electron chi connectivity index (χ4n) is 2.18. The molecule has 2 aromatic rings. The third-order valence-corrected chi connectivity index (χ3v) is 3.76. The van der Waals surface area contributed by atoms with Crippen LogP contribution in [-0.4, -0.2) is 22.4 Å². The van der Waals surface area contributed by atoms with Crippen LogP contribution in [0.25, 0.3) is 6.08 Å². The topological polar surface area (TPSA) is 89.7 Å². The van der Waals surface area contributed by atoms with Gasteiger partial charge < -0.3 is 9.84 Å². The highest BCUT2D eigenvalue weighted by molar-refractivity contribution is 6.32. The van der Waals surface area contributed by atoms with Crippen LogP contribution < -0.4 is 4.74 Å². The standard InChI is InChI=1S/C18H16ClNO5/c1-3-25-17-9-12(8-14(19)18(17)22)5-7-16(21)13-6-4-11(2)15(10-13)20(23)24/h4-10,22H,3H2,1-2H3/b7-5+. The zero-order valence-corrected chi connectivity index (χ0v) is 14.4. The van der Waals surface area contributed by atoms with Crippen molar-refractivity contribution in [3.8, 4) is 11.5 Å². The van der Waals surface area contributed by atoms with Crippen molar-refractivity contribution in [3.63, 3.8) is 0 Å². The Morgan fingerprint density at radius 3 is 2.72 bits per heavy atom. The summed E-state index contributed by atoms with van der Waals surface area (Å²) < 4.78 is 5.28. The monoisotopic (exact) mass is 361 g/mol. The summed E-state index contributed by atoms with van der Waals surface area (Å²) in [5.41, 5.74) is 1.15. The largest absolute Gasteiger partial charge is 0.503 e. The van der Waals surface area contributed by atoms with E-state index in [2.05, 4.69) is 0 Å². The molecule has 2 aromatic carbocycles. The Bertz CT molecular complexity index is 861. The first-order valence-corrected chi connectivity index (χ1v) is 7.84. The van der Waals surface area contributed by atoms with Crippen molar-refractivity contribution >= 4 is 29.1 Å². The molecule has 0 aliphatic carbocycles. The number of halogens is 1. The fourth-order valence-corrected chi connectivity index (χ4v) is 2.40. The second kappa shape index (κ2) is 7.81. The lowest BCUT2D eigenvalue weighted by Crippen LogP contribution is -1.98. The average molecular weight is 362 g/mol. The highest BCUT2D eigenvalue weighted by Crippen LogP contribution is 2.35. The minimum absolute atomic E-state index is 0.101. The zero-order valence-electron chi connectivity index (χ0n) is 13.7. The second-order valence-corrected chi connectivity index (χ2v) is 5.65. The maximum atomic E-state index is 12.2. The minimum Gasteiger partial charge on any atom is -0.503 e. The molecule has 0 heterocycles. The molecule has 0 unspecified atom stereocenters. The predicted octanol–water partition coefficient (Wildman–Crippen LogP) is 4.56. The average Bonchev–Trinajstić information content (AvgIpc) is 2.57. The van der Waals surface area contributed by atoms with Crippen molar-refractivity contribution in [2.45, 2.75) is 13.8 Å². The van der Waals surface area contributed by atoms with Crippen LogP contribution in [0, 0.1) is 17.0 Å². The lowest BCUT2D eigenvalue weighted by Gasteiger charge is -2.08. The summed E-state index contributed by atoms with van der Waals surface area (Å²) in [6.07, 6.45) is 2.79. The highest BCUT2D eigenvalue weighted by atomic mass is 35.5. The number of aryl methyl sites for hydroxylation is 1. The van der Waals surface area contributed by atoms with Crippen molar-refractivity contribution in [3.05, 3.63) is 68.2 Å². The normalized spacial score (nSPS) is 10.8. The van der Waals surface area contributed by atoms with E-state index >= 15 is 0 Å². The number of nitro groups is 1. The lowest BCUT2D eigenvalue weighted by molar-refractivity contribution is -0.385. The van der Waals surface area contributed by atoms with Crippen LogP contribution in [0.4, 0.5) is 5.69 Å². The van der Waals surface area contributed by atoms with Crippen LogP contribution in [0.1, 0.15) is 28.4 Å². The first-order chi connectivity index (χ1) is 11.8. The second-order valence-electron chi connectivity index (χ2n) is 5.24. The van der Waals surface area contributed by atoms with E-state index in [0.717, 1.165) is 0 Å². The third kappa shape index (κ3) is 4.36. The molecule has 7 heteroatoms. The van der Waals surface area contributed by atoms with Crippen LogP contribution in [0.15, 0.2) is 36.4 Å². The Kier molecular flexibility index (Phi) is 5.77. The summed E-state index contributed by atoms with van der Waals surface area (Å²) in [5, 5.41) is 20.9. The number of hydrogen-bond donors (Lipinski definition) is 1. The van der Waals surface area contributed by atoms with Gasteiger partial charge in [-0.1, -0.05) is 29.8 Å². The van der Waals surface area contributed by atoms with Crippen molar-refractivity contribution in [1.29, 1.82) is 0 Å². The molecule has 0 aliphatic rings. The summed E-state index contributed by atoms with van der Waals surface area (Å²) in [5.74, 6) is -0.334. The fraction of sp³-hybridized carbons (Fsp3) is 0.167. The molecule has 2 rings (SSSR count). The van der Waals surface area contributed by atoms with Crippen LogP contribution in [-0.2, 0) is 0 Å². The number of nitrogens with zero attached hydrogens (tertiary/aromatic N) is 1. The molecule has 130 valence electrons. The molecule has 0 saturated carbocycles. The number of allylic oxidation sites excluding steroid dienone is 1. The Hall–Kier alpha value is -2.86. The Morgan fingerprint density at radius 2 is 2.08 bits per heavy atom. The molecule has 0 aliphatic heterocycles. The molecule has 0 atom stereocenters. The zero-order chi connectivity index (χ0) is 18.6. The first-order valence-electron chi connectivity index (χ1n) is 7.46. The number of rotatable bonds is 6. The number of carbonyl (C=O) groups is 1. The third-order valence-electron chi connectivity index (χ3n) is 3.47. The van der Waals surface area contributed by atoms with Gasteiger partial charge in [0.2, 0.25) is 0 Å². The van der Waals surface area contributed by atoms with Crippen LogP contribution >= 0.6 is 11.6 Å². The van der Waals surface area contributed by atoms with Gasteiger partial charge in [0.15, 0.2) is 17.3 Å². The molecule has 0 spiro atoms. The summed E-state index contributed by atoms with van der Waals surface area (Å²) >= 11 is 5.94. The number of aromatic hydroxyl groups is 1. The summed E-state index contributed by atoms with van der Waals surface area (Å²) in [4.78, 5) is 22.7. The highest BCUT2D eigenvalue weighted by Gasteiger charge is 2.14. The lowest BCUT2D eigenvalue weighted by atomic mass is 10.1. The Morgan fingerprint density at radius 1 is 1.36 bits per heavy atom. The Balaban J connectivity index is 2.29. The van der Waals surface area contributed by atoms with E-state index in [1.807, 2.05) is 0 Å². The van der Waals surface area contributed by atoms with Gasteiger partial charge in [0, 0.05) is 17.2 Å². The van der Waals surface area contributed by atoms with Gasteiger partial charge in [0.05, 0.1) is 16.6 Å². The van der Waals surface area contributed by atoms with Gasteiger partial charge >= 0.3 is 0 Å². The molecule has 0 amide bonds. The quantitative estimate of drug-likeness (QED) is 0.352. The SMILES string of the molecule is CCOc1cc(/C=C/C(=O)c2ccc(C)c([N+](=O)[O-])c2)cc(Cl)c1O. The maximum Gasteiger partial charge on any atom is 0.273 e. The number of benzene rings is 2. The summed E-state index contributed by atoms with van der Waals surface area (Å²) in [6, 6.07) is 7.35. The molecule has 0 aromatic heterocycles. The van der Waals surface area contributed by atoms with Gasteiger partial charge in [-0.3, -0.25) is 14.9 Å². The van der Waals surface area contributed by atoms with Gasteiger partial charge in [-0.05, 0) is 37.6 Å². The molecule has 0 saturated heterocycles. The van der Waals surface area contributed by atoms with Crippen molar-refractivity contribution in [2.24, 2.45) is 0 Å². The molecule has 0 bridgehead atoms. The molecular formula is C18H16ClNO5. The summed E-state index contributed by atoms with van der Waals surface area (Å²) in [7, 11) is 0. The number of carbonyl (C=O) groups excluding carboxylic acids is 1. The Labute approximate surface area is 149 Å². The number of hydrogen-bond acceptors (Lipinski definition) is 5. The van der Waals surface area contributed by atoms with E-state index in [4.69, 9.17) is 16.3 Å². The molecule has 1 N–H and O–H groups in total. The van der Waals surface area contributed by atoms with Crippen LogP contribution in [0.2, 0.25) is 5.02 Å². The van der Waals surface area contributed by atoms with Gasteiger partial charge in [-0.15, -0.1) is 0 Å². The van der Waals surface area contributed by atoms with Crippen LogP contribution in [0.3, 0.4) is 0 Å². The number of phenols is 1. The molecule has 0 radical (unpaired) electrons. The first kappa shape index (κ1) is 18.5. The maximum absolute atomic E-state index is 12.2. The molecule has 6 nitrogen and oxygen atoms in total. The van der Waals surface area contributed by atoms with Crippen LogP contribution in [0.5, 0.6) is 11.5 Å². The van der Waals surface area contributed by atoms with Gasteiger partial charge in [0.25, 0.3) is 5.69 Å². The number of ether oxygens (including phenoxy) is 1.